The van der Waals surface area contributed by atoms with Gasteiger partial charge in [-0.25, -0.2) is 4.98 Å². The van der Waals surface area contributed by atoms with Gasteiger partial charge in [-0.15, -0.1) is 0 Å². The number of aryl methyl sites for hydroxylation is 3. The molecule has 0 aliphatic carbocycles. The maximum absolute atomic E-state index is 13.3. The van der Waals surface area contributed by atoms with Gasteiger partial charge in [0.05, 0.1) is 5.41 Å². The van der Waals surface area contributed by atoms with E-state index in [-0.39, 0.29) is 11.3 Å². The molecule has 2 aliphatic heterocycles. The van der Waals surface area contributed by atoms with Gasteiger partial charge in [0.2, 0.25) is 5.91 Å². The molecule has 0 unspecified atom stereocenters. The molecule has 2 fully saturated rings. The normalized spacial score (nSPS) is 26.4. The van der Waals surface area contributed by atoms with Crippen LogP contribution in [0.5, 0.6) is 0 Å². The van der Waals surface area contributed by atoms with Crippen LogP contribution in [0.15, 0.2) is 30.3 Å². The summed E-state index contributed by atoms with van der Waals surface area (Å²) in [5, 5.41) is 11.3. The number of hydrogen-bond donors (Lipinski definition) is 2. The summed E-state index contributed by atoms with van der Waals surface area (Å²) in [6, 6.07) is 11.2. The number of benzene rings is 1. The Balaban J connectivity index is 1.38. The van der Waals surface area contributed by atoms with Crippen LogP contribution in [-0.2, 0) is 17.8 Å². The summed E-state index contributed by atoms with van der Waals surface area (Å²) in [6.07, 6.45) is 4.91. The number of hydrogen-bond acceptors (Lipinski definition) is 4. The Kier molecular flexibility index (Phi) is 5.00. The van der Waals surface area contributed by atoms with Crippen molar-refractivity contribution in [3.63, 3.8) is 0 Å². The molecule has 0 saturated carbocycles. The summed E-state index contributed by atoms with van der Waals surface area (Å²) in [6.45, 7) is 5.32. The van der Waals surface area contributed by atoms with Crippen molar-refractivity contribution in [2.75, 3.05) is 6.54 Å². The summed E-state index contributed by atoms with van der Waals surface area (Å²) < 4.78 is 1.92. The van der Waals surface area contributed by atoms with Crippen LogP contribution in [0.4, 0.5) is 0 Å². The minimum absolute atomic E-state index is 0.206. The second kappa shape index (κ2) is 7.43. The van der Waals surface area contributed by atoms with Gasteiger partial charge in [0, 0.05) is 25.2 Å². The fraction of sp³-hybridized carbons (Fsp3) is 0.571. The van der Waals surface area contributed by atoms with Crippen molar-refractivity contribution in [3.8, 4) is 0 Å². The third-order valence-electron chi connectivity index (χ3n) is 6.13. The summed E-state index contributed by atoms with van der Waals surface area (Å²) in [4.78, 5) is 17.6. The highest BCUT2D eigenvalue weighted by atomic mass is 16.2. The van der Waals surface area contributed by atoms with Gasteiger partial charge >= 0.3 is 0 Å². The van der Waals surface area contributed by atoms with Crippen molar-refractivity contribution >= 4 is 5.91 Å². The molecule has 2 aliphatic rings. The molecule has 4 rings (SSSR count). The van der Waals surface area contributed by atoms with Crippen molar-refractivity contribution < 1.29 is 4.79 Å². The highest BCUT2D eigenvalue weighted by Crippen LogP contribution is 2.45. The van der Waals surface area contributed by atoms with Crippen molar-refractivity contribution in [2.24, 2.45) is 5.41 Å². The first kappa shape index (κ1) is 18.2. The van der Waals surface area contributed by atoms with Gasteiger partial charge in [-0.2, -0.15) is 5.10 Å². The molecule has 3 heterocycles. The lowest BCUT2D eigenvalue weighted by atomic mass is 9.69. The van der Waals surface area contributed by atoms with E-state index in [1.807, 2.05) is 24.6 Å². The van der Waals surface area contributed by atoms with E-state index in [0.29, 0.717) is 18.6 Å². The summed E-state index contributed by atoms with van der Waals surface area (Å²) in [5.74, 6) is 1.93. The first-order chi connectivity index (χ1) is 13.1. The van der Waals surface area contributed by atoms with E-state index >= 15 is 0 Å². The Morgan fingerprint density at radius 2 is 2.11 bits per heavy atom. The Morgan fingerprint density at radius 1 is 1.30 bits per heavy atom. The van der Waals surface area contributed by atoms with Gasteiger partial charge < -0.3 is 10.6 Å². The number of aromatic nitrogens is 3. The number of nitrogens with zero attached hydrogens (tertiary/aromatic N) is 3. The van der Waals surface area contributed by atoms with Crippen LogP contribution in [-0.4, -0.2) is 39.3 Å². The standard InChI is InChI=1S/C21H29N5O/c1-15-23-16(2)26(25-15)12-6-11-22-20(27)21(13-17-7-4-3-5-8-17)14-18-9-10-19(21)24-18/h3-5,7-8,18-19,24H,6,9-14H2,1-2H3,(H,22,27)/t18-,19+,21+/m0/s1. The van der Waals surface area contributed by atoms with E-state index in [9.17, 15) is 4.79 Å². The Morgan fingerprint density at radius 3 is 2.74 bits per heavy atom. The molecule has 1 aromatic carbocycles. The SMILES string of the molecule is Cc1nc(C)n(CCCNC(=O)[C@]2(Cc3ccccc3)C[C@@H]3CC[C@H]2N3)n1. The van der Waals surface area contributed by atoms with Gasteiger partial charge in [0.25, 0.3) is 0 Å². The molecule has 144 valence electrons. The largest absolute Gasteiger partial charge is 0.355 e. The highest BCUT2D eigenvalue weighted by Gasteiger charge is 2.55. The summed E-state index contributed by atoms with van der Waals surface area (Å²) in [5.41, 5.74) is 0.931. The minimum atomic E-state index is -0.315. The van der Waals surface area contributed by atoms with Crippen LogP contribution in [0, 0.1) is 19.3 Å². The zero-order valence-electron chi connectivity index (χ0n) is 16.2. The van der Waals surface area contributed by atoms with Crippen molar-refractivity contribution in [2.45, 2.75) is 64.6 Å². The van der Waals surface area contributed by atoms with Gasteiger partial charge in [-0.3, -0.25) is 9.48 Å². The lowest BCUT2D eigenvalue weighted by Crippen LogP contribution is -2.50. The Labute approximate surface area is 160 Å². The number of rotatable bonds is 7. The Bertz CT molecular complexity index is 802. The highest BCUT2D eigenvalue weighted by molar-refractivity contribution is 5.84. The second-order valence-corrected chi connectivity index (χ2v) is 8.05. The molecule has 3 atom stereocenters. The molecule has 2 N–H and O–H groups in total. The first-order valence-corrected chi connectivity index (χ1v) is 10.0. The number of carbonyl (C=O) groups excluding carboxylic acids is 1. The van der Waals surface area contributed by atoms with Crippen LogP contribution in [0.3, 0.4) is 0 Å². The molecule has 27 heavy (non-hydrogen) atoms. The number of nitrogens with one attached hydrogen (secondary N) is 2. The summed E-state index contributed by atoms with van der Waals surface area (Å²) >= 11 is 0. The van der Waals surface area contributed by atoms with Crippen molar-refractivity contribution in [3.05, 3.63) is 47.5 Å². The predicted molar refractivity (Wildman–Crippen MR) is 104 cm³/mol. The molecule has 0 radical (unpaired) electrons. The molecule has 1 amide bonds. The van der Waals surface area contributed by atoms with Gasteiger partial charge in [0.15, 0.2) is 0 Å². The average Bonchev–Trinajstić information content (AvgIpc) is 3.34. The number of amides is 1. The smallest absolute Gasteiger partial charge is 0.228 e. The van der Waals surface area contributed by atoms with Crippen LogP contribution >= 0.6 is 0 Å². The van der Waals surface area contributed by atoms with Crippen molar-refractivity contribution in [1.29, 1.82) is 0 Å². The quantitative estimate of drug-likeness (QED) is 0.736. The molecule has 6 nitrogen and oxygen atoms in total. The van der Waals surface area contributed by atoms with Crippen LogP contribution in [0.1, 0.15) is 42.9 Å². The lowest BCUT2D eigenvalue weighted by Gasteiger charge is -2.35. The molecule has 2 aromatic rings. The van der Waals surface area contributed by atoms with E-state index in [1.54, 1.807) is 0 Å². The average molecular weight is 367 g/mol. The van der Waals surface area contributed by atoms with Gasteiger partial charge in [-0.1, -0.05) is 30.3 Å². The predicted octanol–water partition coefficient (Wildman–Crippen LogP) is 2.15. The topological polar surface area (TPSA) is 71.8 Å². The summed E-state index contributed by atoms with van der Waals surface area (Å²) in [7, 11) is 0. The molecule has 0 spiro atoms. The van der Waals surface area contributed by atoms with E-state index < -0.39 is 0 Å². The van der Waals surface area contributed by atoms with E-state index in [1.165, 1.54) is 12.0 Å². The molecule has 2 saturated heterocycles. The van der Waals surface area contributed by atoms with Gasteiger partial charge in [-0.05, 0) is 51.5 Å². The van der Waals surface area contributed by atoms with Crippen LogP contribution in [0.2, 0.25) is 0 Å². The van der Waals surface area contributed by atoms with Gasteiger partial charge in [0.1, 0.15) is 11.6 Å². The maximum Gasteiger partial charge on any atom is 0.228 e. The monoisotopic (exact) mass is 367 g/mol. The fourth-order valence-electron chi connectivity index (χ4n) is 4.86. The first-order valence-electron chi connectivity index (χ1n) is 10.0. The van der Waals surface area contributed by atoms with E-state index in [0.717, 1.165) is 43.9 Å². The minimum Gasteiger partial charge on any atom is -0.355 e. The second-order valence-electron chi connectivity index (χ2n) is 8.05. The molecular formula is C21H29N5O. The van der Waals surface area contributed by atoms with Crippen molar-refractivity contribution in [1.82, 2.24) is 25.4 Å². The third-order valence-corrected chi connectivity index (χ3v) is 6.13. The number of carbonyl (C=O) groups is 1. The zero-order valence-corrected chi connectivity index (χ0v) is 16.2. The van der Waals surface area contributed by atoms with E-state index in [4.69, 9.17) is 0 Å². The van der Waals surface area contributed by atoms with Crippen LogP contribution < -0.4 is 10.6 Å². The molecule has 6 heteroatoms. The molecule has 1 aromatic heterocycles. The van der Waals surface area contributed by atoms with Crippen LogP contribution in [0.25, 0.3) is 0 Å². The third kappa shape index (κ3) is 3.63. The number of fused-ring (bicyclic) bond motifs is 2. The molecule has 2 bridgehead atoms. The fourth-order valence-corrected chi connectivity index (χ4v) is 4.86. The molecular weight excluding hydrogens is 338 g/mol. The maximum atomic E-state index is 13.3. The Hall–Kier alpha value is -2.21. The zero-order chi connectivity index (χ0) is 18.9. The van der Waals surface area contributed by atoms with E-state index in [2.05, 4.69) is 45.0 Å². The lowest BCUT2D eigenvalue weighted by molar-refractivity contribution is -0.132.